The van der Waals surface area contributed by atoms with Crippen LogP contribution < -0.4 is 15.0 Å². The number of sulfonamides is 1. The van der Waals surface area contributed by atoms with Gasteiger partial charge in [-0.25, -0.2) is 13.5 Å². The molecular weight excluding hydrogens is 390 g/mol. The van der Waals surface area contributed by atoms with Crippen LogP contribution in [0, 0.1) is 6.92 Å². The maximum Gasteiger partial charge on any atom is 0.264 e. The molecule has 0 spiro atoms. The van der Waals surface area contributed by atoms with Crippen molar-refractivity contribution < 1.29 is 13.2 Å². The van der Waals surface area contributed by atoms with Crippen LogP contribution >= 0.6 is 11.6 Å². The summed E-state index contributed by atoms with van der Waals surface area (Å²) in [4.78, 5) is 11.3. The molecule has 3 rings (SSSR count). The van der Waals surface area contributed by atoms with Gasteiger partial charge in [-0.05, 0) is 42.8 Å². The van der Waals surface area contributed by atoms with Gasteiger partial charge in [0.05, 0.1) is 28.4 Å². The van der Waals surface area contributed by atoms with Gasteiger partial charge in [-0.3, -0.25) is 9.52 Å². The van der Waals surface area contributed by atoms with Crippen LogP contribution in [0.4, 0.5) is 5.69 Å². The van der Waals surface area contributed by atoms with E-state index in [0.717, 1.165) is 0 Å². The van der Waals surface area contributed by atoms with Crippen molar-refractivity contribution in [3.63, 3.8) is 0 Å². The van der Waals surface area contributed by atoms with E-state index in [-0.39, 0.29) is 10.5 Å². The van der Waals surface area contributed by atoms with E-state index in [4.69, 9.17) is 16.3 Å². The summed E-state index contributed by atoms with van der Waals surface area (Å²) in [5.74, 6) is 0.446. The molecule has 0 aliphatic carbocycles. The lowest BCUT2D eigenvalue weighted by atomic mass is 10.1. The molecule has 3 aromatic rings. The molecule has 1 aromatic heterocycles. The number of nitrogens with one attached hydrogen (secondary N) is 2. The van der Waals surface area contributed by atoms with E-state index in [0.29, 0.717) is 33.3 Å². The summed E-state index contributed by atoms with van der Waals surface area (Å²) in [5.41, 5.74) is 1.56. The van der Waals surface area contributed by atoms with Crippen LogP contribution in [0.15, 0.2) is 58.2 Å². The molecule has 0 aliphatic rings. The molecule has 0 aliphatic heterocycles. The summed E-state index contributed by atoms with van der Waals surface area (Å²) in [6.07, 6.45) is 0. The maximum absolute atomic E-state index is 12.9. The number of aromatic nitrogens is 2. The van der Waals surface area contributed by atoms with Gasteiger partial charge in [0, 0.05) is 11.6 Å². The Balaban J connectivity index is 1.98. The van der Waals surface area contributed by atoms with Gasteiger partial charge in [-0.1, -0.05) is 23.7 Å². The Morgan fingerprint density at radius 1 is 1.11 bits per heavy atom. The van der Waals surface area contributed by atoms with Gasteiger partial charge in [0.15, 0.2) is 0 Å². The maximum atomic E-state index is 12.9. The number of hydrogen-bond donors (Lipinski definition) is 2. The molecule has 1 heterocycles. The number of benzene rings is 2. The van der Waals surface area contributed by atoms with Crippen LogP contribution in [0.25, 0.3) is 11.3 Å². The Labute approximate surface area is 161 Å². The standard InChI is InChI=1S/C18H16ClN3O4S/c1-11-3-4-12(15-6-8-18(23)21-20-15)9-17(11)27(24,25)22-13-5-7-16(26-2)14(19)10-13/h3-10,22H,1-2H3,(H,21,23). The summed E-state index contributed by atoms with van der Waals surface area (Å²) < 4.78 is 33.3. The number of H-pyrrole nitrogens is 1. The fourth-order valence-corrected chi connectivity index (χ4v) is 4.07. The van der Waals surface area contributed by atoms with Gasteiger partial charge in [0.1, 0.15) is 5.75 Å². The average Bonchev–Trinajstić information content (AvgIpc) is 2.62. The molecule has 0 atom stereocenters. The van der Waals surface area contributed by atoms with Crippen molar-refractivity contribution in [2.75, 3.05) is 11.8 Å². The van der Waals surface area contributed by atoms with Crippen LogP contribution in [0.3, 0.4) is 0 Å². The molecule has 0 saturated heterocycles. The third-order valence-corrected chi connectivity index (χ3v) is 5.68. The van der Waals surface area contributed by atoms with Crippen LogP contribution in [-0.2, 0) is 10.0 Å². The van der Waals surface area contributed by atoms with E-state index in [1.807, 2.05) is 0 Å². The van der Waals surface area contributed by atoms with Gasteiger partial charge >= 0.3 is 0 Å². The molecule has 9 heteroatoms. The van der Waals surface area contributed by atoms with E-state index >= 15 is 0 Å². The topological polar surface area (TPSA) is 101 Å². The first-order valence-electron chi connectivity index (χ1n) is 7.83. The first-order chi connectivity index (χ1) is 12.8. The first kappa shape index (κ1) is 18.9. The number of anilines is 1. The van der Waals surface area contributed by atoms with Crippen LogP contribution in [0.5, 0.6) is 5.75 Å². The van der Waals surface area contributed by atoms with Crippen molar-refractivity contribution in [1.29, 1.82) is 0 Å². The van der Waals surface area contributed by atoms with Crippen molar-refractivity contribution in [3.8, 4) is 17.0 Å². The van der Waals surface area contributed by atoms with Crippen molar-refractivity contribution in [2.45, 2.75) is 11.8 Å². The van der Waals surface area contributed by atoms with Crippen molar-refractivity contribution in [2.24, 2.45) is 0 Å². The number of methoxy groups -OCH3 is 1. The minimum Gasteiger partial charge on any atom is -0.495 e. The molecule has 27 heavy (non-hydrogen) atoms. The number of halogens is 1. The molecule has 0 fully saturated rings. The van der Waals surface area contributed by atoms with Gasteiger partial charge < -0.3 is 4.74 Å². The highest BCUT2D eigenvalue weighted by Crippen LogP contribution is 2.29. The SMILES string of the molecule is COc1ccc(NS(=O)(=O)c2cc(-c3ccc(=O)[nH]n3)ccc2C)cc1Cl. The summed E-state index contributed by atoms with van der Waals surface area (Å²) in [6.45, 7) is 1.69. The van der Waals surface area contributed by atoms with Crippen molar-refractivity contribution in [1.82, 2.24) is 10.2 Å². The smallest absolute Gasteiger partial charge is 0.264 e. The molecule has 140 valence electrons. The third kappa shape index (κ3) is 4.12. The largest absolute Gasteiger partial charge is 0.495 e. The minimum absolute atomic E-state index is 0.0972. The van der Waals surface area contributed by atoms with Crippen LogP contribution in [0.2, 0.25) is 5.02 Å². The molecule has 0 amide bonds. The number of hydrogen-bond acceptors (Lipinski definition) is 5. The lowest BCUT2D eigenvalue weighted by Crippen LogP contribution is -2.14. The van der Waals surface area contributed by atoms with Crippen molar-refractivity contribution >= 4 is 27.3 Å². The summed E-state index contributed by atoms with van der Waals surface area (Å²) in [5, 5.41) is 6.56. The Kier molecular flexibility index (Phi) is 5.20. The van der Waals surface area contributed by atoms with E-state index in [1.54, 1.807) is 31.2 Å². The molecule has 0 bridgehead atoms. The Morgan fingerprint density at radius 2 is 1.89 bits per heavy atom. The van der Waals surface area contributed by atoms with Gasteiger partial charge in [0.2, 0.25) is 0 Å². The lowest BCUT2D eigenvalue weighted by Gasteiger charge is -2.13. The van der Waals surface area contributed by atoms with Gasteiger partial charge in [-0.15, -0.1) is 0 Å². The number of nitrogens with zero attached hydrogens (tertiary/aromatic N) is 1. The molecule has 0 radical (unpaired) electrons. The predicted octanol–water partition coefficient (Wildman–Crippen LogP) is 3.21. The molecule has 7 nitrogen and oxygen atoms in total. The zero-order valence-corrected chi connectivity index (χ0v) is 16.1. The number of ether oxygens (including phenoxy) is 1. The molecular formula is C18H16ClN3O4S. The van der Waals surface area contributed by atoms with Gasteiger partial charge in [-0.2, -0.15) is 5.10 Å². The molecule has 2 aromatic carbocycles. The molecule has 0 saturated carbocycles. The predicted molar refractivity (Wildman–Crippen MR) is 104 cm³/mol. The zero-order chi connectivity index (χ0) is 19.6. The second kappa shape index (κ2) is 7.42. The average molecular weight is 406 g/mol. The second-order valence-corrected chi connectivity index (χ2v) is 7.80. The lowest BCUT2D eigenvalue weighted by molar-refractivity contribution is 0.415. The number of aromatic amines is 1. The summed E-state index contributed by atoms with van der Waals surface area (Å²) in [7, 11) is -2.39. The van der Waals surface area contributed by atoms with E-state index in [2.05, 4.69) is 14.9 Å². The second-order valence-electron chi connectivity index (χ2n) is 5.74. The zero-order valence-electron chi connectivity index (χ0n) is 14.5. The highest BCUT2D eigenvalue weighted by molar-refractivity contribution is 7.92. The van der Waals surface area contributed by atoms with E-state index in [9.17, 15) is 13.2 Å². The first-order valence-corrected chi connectivity index (χ1v) is 9.69. The molecule has 2 N–H and O–H groups in total. The normalized spacial score (nSPS) is 11.2. The fraction of sp³-hybridized carbons (Fsp3) is 0.111. The Bertz CT molecular complexity index is 1140. The summed E-state index contributed by atoms with van der Waals surface area (Å²) in [6, 6.07) is 12.4. The highest BCUT2D eigenvalue weighted by Gasteiger charge is 2.19. The Hall–Kier alpha value is -2.84. The van der Waals surface area contributed by atoms with Crippen LogP contribution in [-0.4, -0.2) is 25.7 Å². The Morgan fingerprint density at radius 3 is 2.52 bits per heavy atom. The van der Waals surface area contributed by atoms with Crippen molar-refractivity contribution in [3.05, 3.63) is 69.5 Å². The summed E-state index contributed by atoms with van der Waals surface area (Å²) >= 11 is 6.06. The van der Waals surface area contributed by atoms with E-state index in [1.165, 1.54) is 31.4 Å². The minimum atomic E-state index is -3.87. The fourth-order valence-electron chi connectivity index (χ4n) is 2.49. The number of aryl methyl sites for hydroxylation is 1. The molecule has 0 unspecified atom stereocenters. The monoisotopic (exact) mass is 405 g/mol. The quantitative estimate of drug-likeness (QED) is 0.678. The third-order valence-electron chi connectivity index (χ3n) is 3.86. The number of rotatable bonds is 5. The van der Waals surface area contributed by atoms with Crippen LogP contribution in [0.1, 0.15) is 5.56 Å². The van der Waals surface area contributed by atoms with Gasteiger partial charge in [0.25, 0.3) is 15.6 Å². The highest BCUT2D eigenvalue weighted by atomic mass is 35.5. The van der Waals surface area contributed by atoms with E-state index < -0.39 is 10.0 Å².